The number of hydrogen-bond donors (Lipinski definition) is 0. The Bertz CT molecular complexity index is 945. The van der Waals surface area contributed by atoms with E-state index >= 15 is 0 Å². The minimum atomic E-state index is -0.379. The Morgan fingerprint density at radius 3 is 2.46 bits per heavy atom. The second-order valence-corrected chi connectivity index (χ2v) is 7.21. The van der Waals surface area contributed by atoms with Crippen molar-refractivity contribution in [2.24, 2.45) is 4.99 Å². The van der Waals surface area contributed by atoms with Crippen LogP contribution in [0.2, 0.25) is 10.0 Å². The third-order valence-electron chi connectivity index (χ3n) is 3.55. The Hall–Kier alpha value is -1.88. The molecular weight excluding hydrogens is 440 g/mol. The van der Waals surface area contributed by atoms with E-state index in [0.717, 1.165) is 11.1 Å². The number of rotatable bonds is 5. The summed E-state index contributed by atoms with van der Waals surface area (Å²) >= 11 is 15.2. The Labute approximate surface area is 169 Å². The van der Waals surface area contributed by atoms with Crippen LogP contribution in [0.25, 0.3) is 0 Å². The predicted molar refractivity (Wildman–Crippen MR) is 109 cm³/mol. The molecule has 0 heterocycles. The van der Waals surface area contributed by atoms with Crippen LogP contribution < -0.4 is 4.74 Å². The van der Waals surface area contributed by atoms with Gasteiger partial charge >= 0.3 is 0 Å². The molecule has 0 N–H and O–H groups in total. The molecule has 0 aromatic heterocycles. The minimum absolute atomic E-state index is 0.283. The third-order valence-corrected chi connectivity index (χ3v) is 4.63. The highest BCUT2D eigenvalue weighted by molar-refractivity contribution is 9.10. The molecule has 0 unspecified atom stereocenters. The molecule has 132 valence electrons. The van der Waals surface area contributed by atoms with Gasteiger partial charge in [-0.25, -0.2) is 4.39 Å². The van der Waals surface area contributed by atoms with E-state index in [4.69, 9.17) is 27.9 Å². The largest absolute Gasteiger partial charge is 0.489 e. The highest BCUT2D eigenvalue weighted by Crippen LogP contribution is 2.24. The molecule has 0 saturated carbocycles. The summed E-state index contributed by atoms with van der Waals surface area (Å²) in [5.41, 5.74) is 1.97. The maximum absolute atomic E-state index is 13.8. The topological polar surface area (TPSA) is 21.6 Å². The Kier molecular flexibility index (Phi) is 6.30. The fourth-order valence-electron chi connectivity index (χ4n) is 2.18. The van der Waals surface area contributed by atoms with Crippen LogP contribution in [0, 0.1) is 5.82 Å². The Morgan fingerprint density at radius 2 is 1.77 bits per heavy atom. The average Bonchev–Trinajstić information content (AvgIpc) is 2.61. The van der Waals surface area contributed by atoms with Crippen LogP contribution in [0.15, 0.2) is 70.1 Å². The van der Waals surface area contributed by atoms with Crippen LogP contribution in [-0.4, -0.2) is 6.21 Å². The van der Waals surface area contributed by atoms with E-state index in [1.54, 1.807) is 30.5 Å². The lowest BCUT2D eigenvalue weighted by Crippen LogP contribution is -1.96. The van der Waals surface area contributed by atoms with Gasteiger partial charge in [0.25, 0.3) is 0 Å². The quantitative estimate of drug-likeness (QED) is 0.374. The van der Waals surface area contributed by atoms with Crippen molar-refractivity contribution >= 4 is 51.0 Å². The maximum Gasteiger partial charge on any atom is 0.149 e. The molecule has 3 rings (SSSR count). The van der Waals surface area contributed by atoms with Crippen LogP contribution in [0.3, 0.4) is 0 Å². The molecule has 3 aromatic rings. The van der Waals surface area contributed by atoms with E-state index in [9.17, 15) is 4.39 Å². The van der Waals surface area contributed by atoms with Crippen LogP contribution >= 0.6 is 39.1 Å². The lowest BCUT2D eigenvalue weighted by atomic mass is 10.2. The van der Waals surface area contributed by atoms with E-state index < -0.39 is 0 Å². The summed E-state index contributed by atoms with van der Waals surface area (Å²) in [4.78, 5) is 4.17. The van der Waals surface area contributed by atoms with E-state index in [-0.39, 0.29) is 11.5 Å². The van der Waals surface area contributed by atoms with E-state index in [2.05, 4.69) is 20.9 Å². The van der Waals surface area contributed by atoms with E-state index in [1.807, 2.05) is 30.3 Å². The van der Waals surface area contributed by atoms with Crippen molar-refractivity contribution in [1.82, 2.24) is 0 Å². The molecule has 0 fully saturated rings. The zero-order valence-corrected chi connectivity index (χ0v) is 16.5. The molecule has 0 aliphatic rings. The minimum Gasteiger partial charge on any atom is -0.489 e. The van der Waals surface area contributed by atoms with Crippen molar-refractivity contribution in [1.29, 1.82) is 0 Å². The molecule has 0 saturated heterocycles. The molecule has 2 nitrogen and oxygen atoms in total. The van der Waals surface area contributed by atoms with Crippen molar-refractivity contribution < 1.29 is 9.13 Å². The molecule has 26 heavy (non-hydrogen) atoms. The standard InChI is InChI=1S/C20H13BrCl2FNO/c21-15-4-8-20(19(24)9-15)25-11-13-1-6-17(7-2-13)26-12-14-3-5-16(22)10-18(14)23/h1-11H,12H2/b25-11+. The zero-order valence-electron chi connectivity index (χ0n) is 13.4. The second kappa shape index (κ2) is 8.67. The van der Waals surface area contributed by atoms with Gasteiger partial charge in [-0.05, 0) is 60.2 Å². The van der Waals surface area contributed by atoms with Crippen molar-refractivity contribution in [2.75, 3.05) is 0 Å². The van der Waals surface area contributed by atoms with Gasteiger partial charge in [0.2, 0.25) is 0 Å². The first kappa shape index (κ1) is 18.9. The third kappa shape index (κ3) is 5.07. The highest BCUT2D eigenvalue weighted by atomic mass is 79.9. The molecular formula is C20H13BrCl2FNO. The van der Waals surface area contributed by atoms with Gasteiger partial charge in [-0.15, -0.1) is 0 Å². The first-order valence-electron chi connectivity index (χ1n) is 7.67. The van der Waals surface area contributed by atoms with Gasteiger partial charge in [-0.2, -0.15) is 0 Å². The molecule has 0 atom stereocenters. The molecule has 0 aliphatic carbocycles. The van der Waals surface area contributed by atoms with Crippen molar-refractivity contribution in [2.45, 2.75) is 6.61 Å². The second-order valence-electron chi connectivity index (χ2n) is 5.45. The molecule has 0 spiro atoms. The van der Waals surface area contributed by atoms with Crippen molar-refractivity contribution in [3.63, 3.8) is 0 Å². The average molecular weight is 453 g/mol. The fraction of sp³-hybridized carbons (Fsp3) is 0.0500. The van der Waals surface area contributed by atoms with Crippen LogP contribution in [0.4, 0.5) is 10.1 Å². The smallest absolute Gasteiger partial charge is 0.149 e. The molecule has 0 radical (unpaired) electrons. The van der Waals surface area contributed by atoms with Crippen molar-refractivity contribution in [3.8, 4) is 5.75 Å². The number of aliphatic imine (C=N–C) groups is 1. The predicted octanol–water partition coefficient (Wildman–Crippen LogP) is 7.22. The lowest BCUT2D eigenvalue weighted by Gasteiger charge is -2.08. The van der Waals surface area contributed by atoms with Gasteiger partial charge in [0.1, 0.15) is 18.2 Å². The first-order chi connectivity index (χ1) is 12.5. The molecule has 0 aliphatic heterocycles. The fourth-order valence-corrected chi connectivity index (χ4v) is 2.98. The zero-order chi connectivity index (χ0) is 18.5. The summed E-state index contributed by atoms with van der Waals surface area (Å²) in [6.07, 6.45) is 1.60. The summed E-state index contributed by atoms with van der Waals surface area (Å²) in [6, 6.07) is 17.4. The number of halogens is 4. The molecule has 3 aromatic carbocycles. The summed E-state index contributed by atoms with van der Waals surface area (Å²) in [5, 5.41) is 1.15. The number of benzene rings is 3. The first-order valence-corrected chi connectivity index (χ1v) is 9.22. The molecule has 0 bridgehead atoms. The normalized spacial score (nSPS) is 11.1. The van der Waals surface area contributed by atoms with Crippen molar-refractivity contribution in [3.05, 3.63) is 92.1 Å². The highest BCUT2D eigenvalue weighted by Gasteiger charge is 2.03. The Morgan fingerprint density at radius 1 is 1.00 bits per heavy atom. The monoisotopic (exact) mass is 451 g/mol. The summed E-state index contributed by atoms with van der Waals surface area (Å²) in [7, 11) is 0. The number of hydrogen-bond acceptors (Lipinski definition) is 2. The summed E-state index contributed by atoms with van der Waals surface area (Å²) in [5.74, 6) is 0.318. The van der Waals surface area contributed by atoms with Crippen LogP contribution in [-0.2, 0) is 6.61 Å². The summed E-state index contributed by atoms with van der Waals surface area (Å²) < 4.78 is 20.2. The van der Waals surface area contributed by atoms with Gasteiger partial charge in [0.05, 0.1) is 5.69 Å². The van der Waals surface area contributed by atoms with Crippen LogP contribution in [0.5, 0.6) is 5.75 Å². The number of nitrogens with zero attached hydrogens (tertiary/aromatic N) is 1. The van der Waals surface area contributed by atoms with Gasteiger partial charge in [0.15, 0.2) is 0 Å². The van der Waals surface area contributed by atoms with Crippen LogP contribution in [0.1, 0.15) is 11.1 Å². The molecule has 6 heteroatoms. The SMILES string of the molecule is Fc1cc(Br)ccc1/N=C/c1ccc(OCc2ccc(Cl)cc2Cl)cc1. The van der Waals surface area contributed by atoms with Gasteiger partial charge < -0.3 is 4.74 Å². The molecule has 0 amide bonds. The number of ether oxygens (including phenoxy) is 1. The van der Waals surface area contributed by atoms with E-state index in [1.165, 1.54) is 6.07 Å². The summed E-state index contributed by atoms with van der Waals surface area (Å²) in [6.45, 7) is 0.341. The maximum atomic E-state index is 13.8. The van der Waals surface area contributed by atoms with Gasteiger partial charge in [-0.1, -0.05) is 45.2 Å². The van der Waals surface area contributed by atoms with Gasteiger partial charge in [0, 0.05) is 26.3 Å². The lowest BCUT2D eigenvalue weighted by molar-refractivity contribution is 0.306. The van der Waals surface area contributed by atoms with E-state index in [0.29, 0.717) is 26.9 Å². The van der Waals surface area contributed by atoms with Gasteiger partial charge in [-0.3, -0.25) is 4.99 Å². The Balaban J connectivity index is 1.63.